The van der Waals surface area contributed by atoms with Crippen LogP contribution >= 0.6 is 0 Å². The molecular weight excluding hydrogens is 254 g/mol. The van der Waals surface area contributed by atoms with E-state index in [4.69, 9.17) is 4.74 Å². The molecule has 1 amide bonds. The van der Waals surface area contributed by atoms with Crippen LogP contribution in [0.25, 0.3) is 10.9 Å². The zero-order valence-corrected chi connectivity index (χ0v) is 11.2. The molecule has 2 aliphatic heterocycles. The van der Waals surface area contributed by atoms with Crippen LogP contribution in [-0.4, -0.2) is 37.2 Å². The third-order valence-corrected chi connectivity index (χ3v) is 4.24. The van der Waals surface area contributed by atoms with Gasteiger partial charge in [0.15, 0.2) is 0 Å². The van der Waals surface area contributed by atoms with Crippen LogP contribution in [-0.2, 0) is 9.53 Å². The van der Waals surface area contributed by atoms with Gasteiger partial charge < -0.3 is 15.0 Å². The van der Waals surface area contributed by atoms with Gasteiger partial charge in [0.1, 0.15) is 0 Å². The van der Waals surface area contributed by atoms with E-state index in [1.54, 1.807) is 6.20 Å². The summed E-state index contributed by atoms with van der Waals surface area (Å²) in [5, 5.41) is 4.05. The predicted octanol–water partition coefficient (Wildman–Crippen LogP) is 1.64. The number of anilines is 2. The van der Waals surface area contributed by atoms with Gasteiger partial charge in [0.05, 0.1) is 48.3 Å². The Balaban J connectivity index is 1.97. The molecule has 5 nitrogen and oxygen atoms in total. The summed E-state index contributed by atoms with van der Waals surface area (Å²) in [6.45, 7) is 1.07. The van der Waals surface area contributed by atoms with Crippen molar-refractivity contribution in [3.8, 4) is 0 Å². The number of fused-ring (bicyclic) bond motifs is 4. The molecule has 0 bridgehead atoms. The molecule has 0 radical (unpaired) electrons. The average Bonchev–Trinajstić information content (AvgIpc) is 2.92. The summed E-state index contributed by atoms with van der Waals surface area (Å²) >= 11 is 0. The van der Waals surface area contributed by atoms with Crippen LogP contribution in [0.4, 0.5) is 11.4 Å². The van der Waals surface area contributed by atoms with Crippen molar-refractivity contribution in [3.63, 3.8) is 0 Å². The molecule has 20 heavy (non-hydrogen) atoms. The second kappa shape index (κ2) is 4.18. The first-order valence-electron chi connectivity index (χ1n) is 6.75. The number of pyridine rings is 1. The van der Waals surface area contributed by atoms with E-state index >= 15 is 0 Å². The van der Waals surface area contributed by atoms with Crippen molar-refractivity contribution in [2.24, 2.45) is 5.92 Å². The summed E-state index contributed by atoms with van der Waals surface area (Å²) in [5.74, 6) is -0.0960. The molecule has 2 aliphatic rings. The van der Waals surface area contributed by atoms with E-state index < -0.39 is 0 Å². The monoisotopic (exact) mass is 269 g/mol. The largest absolute Gasteiger partial charge is 0.378 e. The van der Waals surface area contributed by atoms with Gasteiger partial charge in [-0.2, -0.15) is 0 Å². The molecule has 0 spiro atoms. The number of likely N-dealkylation sites (N-methyl/N-ethyl adjacent to an activating group) is 1. The minimum Gasteiger partial charge on any atom is -0.378 e. The number of nitrogens with one attached hydrogen (secondary N) is 1. The first-order valence-corrected chi connectivity index (χ1v) is 6.75. The van der Waals surface area contributed by atoms with Gasteiger partial charge in [0, 0.05) is 12.4 Å². The topological polar surface area (TPSA) is 54.5 Å². The molecule has 102 valence electrons. The van der Waals surface area contributed by atoms with Gasteiger partial charge in [-0.1, -0.05) is 18.2 Å². The van der Waals surface area contributed by atoms with E-state index in [0.717, 1.165) is 22.3 Å². The first-order chi connectivity index (χ1) is 9.75. The van der Waals surface area contributed by atoms with Crippen molar-refractivity contribution in [1.29, 1.82) is 0 Å². The minimum absolute atomic E-state index is 0.0233. The lowest BCUT2D eigenvalue weighted by Crippen LogP contribution is -2.40. The Morgan fingerprint density at radius 3 is 3.10 bits per heavy atom. The number of hydrogen-bond donors (Lipinski definition) is 1. The van der Waals surface area contributed by atoms with Gasteiger partial charge in [-0.25, -0.2) is 0 Å². The highest BCUT2D eigenvalue weighted by Gasteiger charge is 2.40. The Morgan fingerprint density at radius 1 is 1.35 bits per heavy atom. The van der Waals surface area contributed by atoms with Crippen molar-refractivity contribution in [1.82, 2.24) is 4.98 Å². The molecule has 4 rings (SSSR count). The van der Waals surface area contributed by atoms with Crippen molar-refractivity contribution >= 4 is 28.2 Å². The van der Waals surface area contributed by atoms with E-state index in [-0.39, 0.29) is 17.9 Å². The summed E-state index contributed by atoms with van der Waals surface area (Å²) < 4.78 is 5.50. The van der Waals surface area contributed by atoms with E-state index in [2.05, 4.69) is 15.2 Å². The van der Waals surface area contributed by atoms with Crippen LogP contribution in [0.3, 0.4) is 0 Å². The van der Waals surface area contributed by atoms with Gasteiger partial charge in [0.25, 0.3) is 0 Å². The second-order valence-electron chi connectivity index (χ2n) is 5.35. The maximum absolute atomic E-state index is 12.3. The number of amides is 1. The average molecular weight is 269 g/mol. The standard InChI is InChI=1S/C15H15N3O2/c1-18-13-8-20-7-10(13)15(19)17-12-6-16-11-5-3-2-4-9(11)14(12)18/h2-6,10,13H,7-8H2,1H3,(H,17,19). The summed E-state index contributed by atoms with van der Waals surface area (Å²) in [4.78, 5) is 18.9. The van der Waals surface area contributed by atoms with Gasteiger partial charge in [-0.3, -0.25) is 9.78 Å². The summed E-state index contributed by atoms with van der Waals surface area (Å²) in [6.07, 6.45) is 1.74. The van der Waals surface area contributed by atoms with E-state index in [9.17, 15) is 4.79 Å². The van der Waals surface area contributed by atoms with Crippen molar-refractivity contribution in [2.75, 3.05) is 30.5 Å². The van der Waals surface area contributed by atoms with Crippen LogP contribution in [0.2, 0.25) is 0 Å². The first kappa shape index (κ1) is 11.7. The highest BCUT2D eigenvalue weighted by molar-refractivity contribution is 6.06. The molecule has 2 aromatic rings. The Hall–Kier alpha value is -2.14. The smallest absolute Gasteiger partial charge is 0.232 e. The molecule has 2 atom stereocenters. The Bertz CT molecular complexity index is 701. The highest BCUT2D eigenvalue weighted by Crippen LogP contribution is 2.38. The lowest BCUT2D eigenvalue weighted by molar-refractivity contribution is -0.120. The maximum atomic E-state index is 12.3. The van der Waals surface area contributed by atoms with Crippen LogP contribution < -0.4 is 10.2 Å². The SMILES string of the molecule is CN1c2c(cnc3ccccc23)NC(=O)C2COCC21. The number of hydrogen-bond acceptors (Lipinski definition) is 4. The summed E-state index contributed by atoms with van der Waals surface area (Å²) in [6, 6.07) is 8.08. The van der Waals surface area contributed by atoms with Crippen molar-refractivity contribution in [2.45, 2.75) is 6.04 Å². The fraction of sp³-hybridized carbons (Fsp3) is 0.333. The molecule has 3 heterocycles. The molecule has 1 aromatic heterocycles. The van der Waals surface area contributed by atoms with Gasteiger partial charge in [0.2, 0.25) is 5.91 Å². The zero-order valence-electron chi connectivity index (χ0n) is 11.2. The van der Waals surface area contributed by atoms with E-state index in [1.165, 1.54) is 0 Å². The fourth-order valence-corrected chi connectivity index (χ4v) is 3.16. The Kier molecular flexibility index (Phi) is 2.44. The molecule has 0 saturated carbocycles. The summed E-state index contributed by atoms with van der Waals surface area (Å²) in [7, 11) is 2.03. The lowest BCUT2D eigenvalue weighted by atomic mass is 10.0. The second-order valence-corrected chi connectivity index (χ2v) is 5.35. The maximum Gasteiger partial charge on any atom is 0.232 e. The molecular formula is C15H15N3O2. The molecule has 5 heteroatoms. The predicted molar refractivity (Wildman–Crippen MR) is 76.9 cm³/mol. The van der Waals surface area contributed by atoms with Crippen molar-refractivity contribution < 1.29 is 9.53 Å². The third-order valence-electron chi connectivity index (χ3n) is 4.24. The number of rotatable bonds is 0. The minimum atomic E-state index is -0.119. The number of nitrogens with zero attached hydrogens (tertiary/aromatic N) is 2. The van der Waals surface area contributed by atoms with Crippen LogP contribution in [0, 0.1) is 5.92 Å². The number of para-hydroxylation sites is 1. The molecule has 1 aromatic carbocycles. The Labute approximate surface area is 116 Å². The van der Waals surface area contributed by atoms with Crippen LogP contribution in [0.15, 0.2) is 30.5 Å². The van der Waals surface area contributed by atoms with E-state index in [1.807, 2.05) is 31.3 Å². The quantitative estimate of drug-likeness (QED) is 0.790. The number of benzene rings is 1. The van der Waals surface area contributed by atoms with Gasteiger partial charge in [-0.05, 0) is 6.07 Å². The number of carbonyl (C=O) groups is 1. The highest BCUT2D eigenvalue weighted by atomic mass is 16.5. The fourth-order valence-electron chi connectivity index (χ4n) is 3.16. The number of aromatic nitrogens is 1. The lowest BCUT2D eigenvalue weighted by Gasteiger charge is -2.27. The van der Waals surface area contributed by atoms with Crippen LogP contribution in [0.5, 0.6) is 0 Å². The van der Waals surface area contributed by atoms with Crippen molar-refractivity contribution in [3.05, 3.63) is 30.5 Å². The molecule has 1 fully saturated rings. The van der Waals surface area contributed by atoms with Crippen LogP contribution in [0.1, 0.15) is 0 Å². The van der Waals surface area contributed by atoms with E-state index in [0.29, 0.717) is 13.2 Å². The molecule has 2 unspecified atom stereocenters. The molecule has 0 aliphatic carbocycles. The molecule has 1 N–H and O–H groups in total. The zero-order chi connectivity index (χ0) is 13.7. The third kappa shape index (κ3) is 1.53. The van der Waals surface area contributed by atoms with Gasteiger partial charge in [-0.15, -0.1) is 0 Å². The van der Waals surface area contributed by atoms with Gasteiger partial charge >= 0.3 is 0 Å². The number of ether oxygens (including phenoxy) is 1. The number of carbonyl (C=O) groups excluding carboxylic acids is 1. The normalized spacial score (nSPS) is 25.1. The Morgan fingerprint density at radius 2 is 2.20 bits per heavy atom. The molecule has 1 saturated heterocycles. The summed E-state index contributed by atoms with van der Waals surface area (Å²) in [5.41, 5.74) is 2.75.